The lowest BCUT2D eigenvalue weighted by Crippen LogP contribution is -2.56. The number of nitrogens with two attached hydrogens (primary N) is 3. The van der Waals surface area contributed by atoms with E-state index in [0.29, 0.717) is 6.42 Å². The van der Waals surface area contributed by atoms with Gasteiger partial charge in [-0.15, -0.1) is 12.4 Å². The predicted octanol–water partition coefficient (Wildman–Crippen LogP) is 0.708. The van der Waals surface area contributed by atoms with Gasteiger partial charge in [-0.1, -0.05) is 68.3 Å². The third-order valence-electron chi connectivity index (χ3n) is 6.94. The Labute approximate surface area is 256 Å². The number of benzene rings is 2. The first kappa shape index (κ1) is 34.8. The van der Waals surface area contributed by atoms with Crippen LogP contribution in [0.25, 0.3) is 10.9 Å². The van der Waals surface area contributed by atoms with Crippen LogP contribution in [-0.4, -0.2) is 58.7 Å². The summed E-state index contributed by atoms with van der Waals surface area (Å²) in [5.74, 6) is -3.61. The van der Waals surface area contributed by atoms with E-state index < -0.39 is 60.1 Å². The Morgan fingerprint density at radius 1 is 0.791 bits per heavy atom. The van der Waals surface area contributed by atoms with Gasteiger partial charge in [0.25, 0.3) is 0 Å². The fraction of sp³-hybridized carbons (Fsp3) is 0.367. The van der Waals surface area contributed by atoms with Crippen molar-refractivity contribution < 1.29 is 24.0 Å². The molecule has 10 N–H and O–H groups in total. The van der Waals surface area contributed by atoms with Crippen LogP contribution in [0.1, 0.15) is 43.7 Å². The first-order valence-electron chi connectivity index (χ1n) is 13.9. The molecule has 1 heterocycles. The molecule has 0 aliphatic rings. The van der Waals surface area contributed by atoms with Crippen LogP contribution >= 0.6 is 12.4 Å². The minimum absolute atomic E-state index is 0. The molecule has 232 valence electrons. The summed E-state index contributed by atoms with van der Waals surface area (Å²) in [6.45, 7) is 1.93. The Kier molecular flexibility index (Phi) is 13.7. The number of hydrogen-bond acceptors (Lipinski definition) is 6. The van der Waals surface area contributed by atoms with Crippen molar-refractivity contribution in [2.45, 2.75) is 69.6 Å². The molecule has 2 aromatic carbocycles. The molecule has 0 radical (unpaired) electrons. The van der Waals surface area contributed by atoms with Gasteiger partial charge >= 0.3 is 0 Å². The second-order valence-electron chi connectivity index (χ2n) is 10.3. The number of carbonyl (C=O) groups is 5. The molecule has 13 heteroatoms. The van der Waals surface area contributed by atoms with E-state index in [4.69, 9.17) is 17.2 Å². The summed E-state index contributed by atoms with van der Waals surface area (Å²) in [7, 11) is 0. The van der Waals surface area contributed by atoms with Gasteiger partial charge in [-0.05, 0) is 30.0 Å². The van der Waals surface area contributed by atoms with E-state index >= 15 is 0 Å². The number of rotatable bonds is 16. The second-order valence-corrected chi connectivity index (χ2v) is 10.3. The van der Waals surface area contributed by atoms with E-state index in [1.54, 1.807) is 30.5 Å². The number of carbonyl (C=O) groups excluding carboxylic acids is 5. The van der Waals surface area contributed by atoms with Gasteiger partial charge in [0.05, 0.1) is 12.5 Å². The summed E-state index contributed by atoms with van der Waals surface area (Å²) in [5, 5.41) is 8.61. The SMILES string of the molecule is CCCC[C@H](NC(=O)[C@@H](N)Cc1c[nH]c2ccccc12)C(=O)N[C@@H](CC(=O)N[C@@H](Cc1ccccc1)C(N)=O)C(N)=O.Cl. The average Bonchev–Trinajstić information content (AvgIpc) is 3.37. The number of fused-ring (bicyclic) bond motifs is 1. The zero-order valence-electron chi connectivity index (χ0n) is 24.0. The number of amides is 5. The number of nitrogens with one attached hydrogen (secondary N) is 4. The molecule has 0 unspecified atom stereocenters. The van der Waals surface area contributed by atoms with Crippen molar-refractivity contribution in [3.05, 3.63) is 71.9 Å². The van der Waals surface area contributed by atoms with Crippen LogP contribution in [-0.2, 0) is 36.8 Å². The Hall–Kier alpha value is -4.42. The van der Waals surface area contributed by atoms with Crippen LogP contribution in [0.4, 0.5) is 0 Å². The topological polar surface area (TPSA) is 215 Å². The summed E-state index contributed by atoms with van der Waals surface area (Å²) >= 11 is 0. The van der Waals surface area contributed by atoms with Gasteiger partial charge in [-0.2, -0.15) is 0 Å². The lowest BCUT2D eigenvalue weighted by molar-refractivity contribution is -0.133. The van der Waals surface area contributed by atoms with Crippen LogP contribution in [0.15, 0.2) is 60.8 Å². The van der Waals surface area contributed by atoms with Crippen molar-refractivity contribution in [1.29, 1.82) is 0 Å². The van der Waals surface area contributed by atoms with Gasteiger partial charge < -0.3 is 38.1 Å². The molecular weight excluding hydrogens is 574 g/mol. The molecule has 3 aromatic rings. The average molecular weight is 614 g/mol. The number of hydrogen-bond donors (Lipinski definition) is 7. The molecule has 0 aliphatic carbocycles. The highest BCUT2D eigenvalue weighted by molar-refractivity contribution is 5.95. The number of para-hydroxylation sites is 1. The van der Waals surface area contributed by atoms with Crippen molar-refractivity contribution in [3.63, 3.8) is 0 Å². The van der Waals surface area contributed by atoms with Gasteiger partial charge in [-0.25, -0.2) is 0 Å². The standard InChI is InChI=1S/C30H39N7O5.ClH/c1-2-3-12-23(36-29(41)21(31)15-19-17-34-22-13-8-7-11-20(19)22)30(42)37-25(28(33)40)16-26(38)35-24(27(32)39)14-18-9-5-4-6-10-18;/h4-11,13,17,21,23-25,34H,2-3,12,14-16,31H2,1H3,(H2,32,39)(H2,33,40)(H,35,38)(H,36,41)(H,37,42);1H/t21-,23-,24-,25-;/m0./s1. The highest BCUT2D eigenvalue weighted by Crippen LogP contribution is 2.19. The van der Waals surface area contributed by atoms with Crippen LogP contribution < -0.4 is 33.2 Å². The van der Waals surface area contributed by atoms with E-state index in [1.165, 1.54) is 0 Å². The molecule has 3 rings (SSSR count). The van der Waals surface area contributed by atoms with Gasteiger partial charge in [0.1, 0.15) is 18.1 Å². The molecule has 4 atom stereocenters. The molecule has 43 heavy (non-hydrogen) atoms. The maximum absolute atomic E-state index is 13.2. The molecule has 0 saturated heterocycles. The van der Waals surface area contributed by atoms with Crippen molar-refractivity contribution >= 4 is 52.8 Å². The summed E-state index contributed by atoms with van der Waals surface area (Å²) in [4.78, 5) is 66.1. The van der Waals surface area contributed by atoms with E-state index in [0.717, 1.165) is 28.5 Å². The zero-order chi connectivity index (χ0) is 30.6. The number of H-pyrrole nitrogens is 1. The lowest BCUT2D eigenvalue weighted by Gasteiger charge is -2.23. The summed E-state index contributed by atoms with van der Waals surface area (Å²) in [6, 6.07) is 12.2. The number of aromatic amines is 1. The quantitative estimate of drug-likeness (QED) is 0.123. The summed E-state index contributed by atoms with van der Waals surface area (Å²) in [6.07, 6.45) is 3.31. The maximum atomic E-state index is 13.2. The number of primary amides is 2. The Morgan fingerprint density at radius 3 is 2.07 bits per heavy atom. The van der Waals surface area contributed by atoms with Crippen LogP contribution in [0, 0.1) is 0 Å². The summed E-state index contributed by atoms with van der Waals surface area (Å²) < 4.78 is 0. The fourth-order valence-corrected chi connectivity index (χ4v) is 4.59. The van der Waals surface area contributed by atoms with Crippen molar-refractivity contribution in [1.82, 2.24) is 20.9 Å². The first-order chi connectivity index (χ1) is 20.1. The van der Waals surface area contributed by atoms with E-state index in [9.17, 15) is 24.0 Å². The van der Waals surface area contributed by atoms with Crippen LogP contribution in [0.2, 0.25) is 0 Å². The van der Waals surface area contributed by atoms with E-state index in [1.807, 2.05) is 37.3 Å². The molecule has 0 aliphatic heterocycles. The molecule has 1 aromatic heterocycles. The number of halogens is 1. The Morgan fingerprint density at radius 2 is 1.42 bits per heavy atom. The normalized spacial score (nSPS) is 13.5. The highest BCUT2D eigenvalue weighted by atomic mass is 35.5. The lowest BCUT2D eigenvalue weighted by atomic mass is 10.0. The van der Waals surface area contributed by atoms with Gasteiger partial charge in [0.2, 0.25) is 29.5 Å². The summed E-state index contributed by atoms with van der Waals surface area (Å²) in [5.41, 5.74) is 19.7. The van der Waals surface area contributed by atoms with Crippen molar-refractivity contribution in [2.75, 3.05) is 0 Å². The third kappa shape index (κ3) is 10.4. The third-order valence-corrected chi connectivity index (χ3v) is 6.94. The fourth-order valence-electron chi connectivity index (χ4n) is 4.59. The van der Waals surface area contributed by atoms with E-state index in [-0.39, 0.29) is 31.7 Å². The minimum atomic E-state index is -1.39. The second kappa shape index (κ2) is 16.9. The Bertz CT molecular complexity index is 1400. The number of unbranched alkanes of at least 4 members (excludes halogenated alkanes) is 1. The van der Waals surface area contributed by atoms with Gasteiger partial charge in [-0.3, -0.25) is 24.0 Å². The molecule has 0 saturated carbocycles. The smallest absolute Gasteiger partial charge is 0.243 e. The Balaban J connectivity index is 0.00000645. The molecule has 0 fully saturated rings. The zero-order valence-corrected chi connectivity index (χ0v) is 24.8. The molecule has 5 amide bonds. The number of aromatic nitrogens is 1. The maximum Gasteiger partial charge on any atom is 0.243 e. The van der Waals surface area contributed by atoms with Crippen molar-refractivity contribution in [2.24, 2.45) is 17.2 Å². The molecule has 0 spiro atoms. The largest absolute Gasteiger partial charge is 0.368 e. The molecule has 0 bridgehead atoms. The molecule has 12 nitrogen and oxygen atoms in total. The first-order valence-corrected chi connectivity index (χ1v) is 13.9. The van der Waals surface area contributed by atoms with Gasteiger partial charge in [0, 0.05) is 23.5 Å². The monoisotopic (exact) mass is 613 g/mol. The predicted molar refractivity (Wildman–Crippen MR) is 166 cm³/mol. The van der Waals surface area contributed by atoms with E-state index in [2.05, 4.69) is 20.9 Å². The van der Waals surface area contributed by atoms with Gasteiger partial charge in [0.15, 0.2) is 0 Å². The highest BCUT2D eigenvalue weighted by Gasteiger charge is 2.29. The van der Waals surface area contributed by atoms with Crippen LogP contribution in [0.5, 0.6) is 0 Å². The molecular formula is C30H40ClN7O5. The minimum Gasteiger partial charge on any atom is -0.368 e. The van der Waals surface area contributed by atoms with Crippen LogP contribution in [0.3, 0.4) is 0 Å². The van der Waals surface area contributed by atoms with Crippen molar-refractivity contribution in [3.8, 4) is 0 Å².